The van der Waals surface area contributed by atoms with Crippen LogP contribution in [0.3, 0.4) is 0 Å². The fraction of sp³-hybridized carbons (Fsp3) is 0.0500. The van der Waals surface area contributed by atoms with Crippen molar-refractivity contribution in [3.63, 3.8) is 0 Å². The second kappa shape index (κ2) is 7.74. The Morgan fingerprint density at radius 3 is 2.15 bits per heavy atom. The Labute approximate surface area is 148 Å². The molecule has 3 aromatic carbocycles. The van der Waals surface area contributed by atoms with Gasteiger partial charge in [-0.25, -0.2) is 0 Å². The topological polar surface area (TPSA) is 33.6 Å². The highest BCUT2D eigenvalue weighted by Crippen LogP contribution is 2.28. The standard InChI is InChI=1S/C20H15F3N2O/c21-20(22,23)26-18-12-10-15(11-13-18)19-9-5-4-6-16(19)14-24-25-17-7-2-1-3-8-17/h1-14,25H. The zero-order valence-electron chi connectivity index (χ0n) is 13.6. The maximum absolute atomic E-state index is 12.3. The number of rotatable bonds is 5. The summed E-state index contributed by atoms with van der Waals surface area (Å²) in [5.41, 5.74) is 6.24. The van der Waals surface area contributed by atoms with Gasteiger partial charge in [0.1, 0.15) is 5.75 Å². The highest BCUT2D eigenvalue weighted by atomic mass is 19.4. The maximum Gasteiger partial charge on any atom is 0.573 e. The number of halogens is 3. The number of nitrogens with zero attached hydrogens (tertiary/aromatic N) is 1. The zero-order chi connectivity index (χ0) is 18.4. The number of hydrogen-bond acceptors (Lipinski definition) is 3. The maximum atomic E-state index is 12.3. The lowest BCUT2D eigenvalue weighted by Crippen LogP contribution is -2.16. The Balaban J connectivity index is 1.78. The van der Waals surface area contributed by atoms with Crippen molar-refractivity contribution in [1.29, 1.82) is 0 Å². The second-order valence-corrected chi connectivity index (χ2v) is 5.40. The Morgan fingerprint density at radius 2 is 1.46 bits per heavy atom. The molecule has 6 heteroatoms. The fourth-order valence-electron chi connectivity index (χ4n) is 2.40. The van der Waals surface area contributed by atoms with E-state index in [1.807, 2.05) is 54.6 Å². The summed E-state index contributed by atoms with van der Waals surface area (Å²) in [4.78, 5) is 0. The molecule has 0 unspecified atom stereocenters. The van der Waals surface area contributed by atoms with Crippen molar-refractivity contribution < 1.29 is 17.9 Å². The normalized spacial score (nSPS) is 11.5. The number of ether oxygens (including phenoxy) is 1. The van der Waals surface area contributed by atoms with Gasteiger partial charge in [-0.05, 0) is 35.4 Å². The third-order valence-corrected chi connectivity index (χ3v) is 3.53. The van der Waals surface area contributed by atoms with Crippen LogP contribution in [0.2, 0.25) is 0 Å². The van der Waals surface area contributed by atoms with Crippen LogP contribution in [0.4, 0.5) is 18.9 Å². The van der Waals surface area contributed by atoms with Crippen molar-refractivity contribution in [1.82, 2.24) is 0 Å². The van der Waals surface area contributed by atoms with Crippen molar-refractivity contribution in [3.05, 3.63) is 84.4 Å². The average Bonchev–Trinajstić information content (AvgIpc) is 2.63. The van der Waals surface area contributed by atoms with Crippen molar-refractivity contribution >= 4 is 11.9 Å². The number of anilines is 1. The minimum absolute atomic E-state index is 0.252. The van der Waals surface area contributed by atoms with Gasteiger partial charge in [-0.3, -0.25) is 5.43 Å². The lowest BCUT2D eigenvalue weighted by atomic mass is 10.0. The van der Waals surface area contributed by atoms with E-state index in [9.17, 15) is 13.2 Å². The summed E-state index contributed by atoms with van der Waals surface area (Å²) in [6.07, 6.45) is -3.03. The molecule has 0 aliphatic heterocycles. The molecule has 0 fully saturated rings. The van der Waals surface area contributed by atoms with E-state index in [1.165, 1.54) is 12.1 Å². The van der Waals surface area contributed by atoms with Crippen LogP contribution >= 0.6 is 0 Å². The first-order valence-corrected chi connectivity index (χ1v) is 7.81. The Bertz CT molecular complexity index is 876. The van der Waals surface area contributed by atoms with Gasteiger partial charge in [0.2, 0.25) is 0 Å². The summed E-state index contributed by atoms with van der Waals surface area (Å²) in [5, 5.41) is 4.22. The number of benzene rings is 3. The van der Waals surface area contributed by atoms with Crippen LogP contribution < -0.4 is 10.2 Å². The van der Waals surface area contributed by atoms with Crippen LogP contribution in [-0.4, -0.2) is 12.6 Å². The lowest BCUT2D eigenvalue weighted by Gasteiger charge is -2.10. The van der Waals surface area contributed by atoms with Gasteiger partial charge in [-0.15, -0.1) is 13.2 Å². The number of para-hydroxylation sites is 1. The molecule has 0 atom stereocenters. The van der Waals surface area contributed by atoms with Crippen molar-refractivity contribution in [2.75, 3.05) is 5.43 Å². The number of nitrogens with one attached hydrogen (secondary N) is 1. The van der Waals surface area contributed by atoms with Gasteiger partial charge in [0, 0.05) is 5.56 Å². The molecule has 0 saturated heterocycles. The summed E-state index contributed by atoms with van der Waals surface area (Å²) in [7, 11) is 0. The largest absolute Gasteiger partial charge is 0.573 e. The summed E-state index contributed by atoms with van der Waals surface area (Å²) in [6.45, 7) is 0. The Morgan fingerprint density at radius 1 is 0.808 bits per heavy atom. The third kappa shape index (κ3) is 4.86. The molecule has 1 N–H and O–H groups in total. The van der Waals surface area contributed by atoms with E-state index in [0.29, 0.717) is 0 Å². The van der Waals surface area contributed by atoms with Crippen LogP contribution in [0.1, 0.15) is 5.56 Å². The molecule has 3 aromatic rings. The van der Waals surface area contributed by atoms with Gasteiger partial charge in [-0.2, -0.15) is 5.10 Å². The summed E-state index contributed by atoms with van der Waals surface area (Å²) in [6, 6.07) is 22.7. The van der Waals surface area contributed by atoms with Gasteiger partial charge < -0.3 is 4.74 Å². The van der Waals surface area contributed by atoms with Crippen molar-refractivity contribution in [3.8, 4) is 16.9 Å². The molecule has 132 valence electrons. The molecule has 0 radical (unpaired) electrons. The molecule has 3 nitrogen and oxygen atoms in total. The average molecular weight is 356 g/mol. The van der Waals surface area contributed by atoms with Gasteiger partial charge in [0.25, 0.3) is 0 Å². The summed E-state index contributed by atoms with van der Waals surface area (Å²) >= 11 is 0. The van der Waals surface area contributed by atoms with E-state index >= 15 is 0 Å². The van der Waals surface area contributed by atoms with E-state index in [4.69, 9.17) is 0 Å². The van der Waals surface area contributed by atoms with Gasteiger partial charge in [0.15, 0.2) is 0 Å². The molecule has 0 spiro atoms. The highest BCUT2D eigenvalue weighted by molar-refractivity contribution is 5.90. The Hall–Kier alpha value is -3.28. The van der Waals surface area contributed by atoms with E-state index in [-0.39, 0.29) is 5.75 Å². The number of alkyl halides is 3. The molecule has 3 rings (SSSR count). The first-order chi connectivity index (χ1) is 12.5. The van der Waals surface area contributed by atoms with E-state index in [0.717, 1.165) is 22.4 Å². The van der Waals surface area contributed by atoms with Crippen LogP contribution in [0.25, 0.3) is 11.1 Å². The third-order valence-electron chi connectivity index (χ3n) is 3.53. The first kappa shape index (κ1) is 17.5. The monoisotopic (exact) mass is 356 g/mol. The van der Waals surface area contributed by atoms with Crippen LogP contribution in [0.5, 0.6) is 5.75 Å². The molecule has 0 amide bonds. The van der Waals surface area contributed by atoms with E-state index < -0.39 is 6.36 Å². The molecule has 0 aliphatic rings. The molecule has 0 heterocycles. The molecule has 0 bridgehead atoms. The molecule has 26 heavy (non-hydrogen) atoms. The second-order valence-electron chi connectivity index (χ2n) is 5.40. The first-order valence-electron chi connectivity index (χ1n) is 7.81. The van der Waals surface area contributed by atoms with Crippen molar-refractivity contribution in [2.45, 2.75) is 6.36 Å². The van der Waals surface area contributed by atoms with E-state index in [1.54, 1.807) is 18.3 Å². The van der Waals surface area contributed by atoms with Crippen LogP contribution in [-0.2, 0) is 0 Å². The molecule has 0 aromatic heterocycles. The van der Waals surface area contributed by atoms with Gasteiger partial charge in [0.05, 0.1) is 11.9 Å². The highest BCUT2D eigenvalue weighted by Gasteiger charge is 2.30. The zero-order valence-corrected chi connectivity index (χ0v) is 13.6. The van der Waals surface area contributed by atoms with E-state index in [2.05, 4.69) is 15.3 Å². The molecular weight excluding hydrogens is 341 g/mol. The molecular formula is C20H15F3N2O. The summed E-state index contributed by atoms with van der Waals surface area (Å²) < 4.78 is 40.7. The van der Waals surface area contributed by atoms with Crippen LogP contribution in [0.15, 0.2) is 84.0 Å². The summed E-state index contributed by atoms with van der Waals surface area (Å²) in [5.74, 6) is -0.252. The number of hydrogen-bond donors (Lipinski definition) is 1. The predicted molar refractivity (Wildman–Crippen MR) is 96.2 cm³/mol. The molecule has 0 saturated carbocycles. The quantitative estimate of drug-likeness (QED) is 0.470. The SMILES string of the molecule is FC(F)(F)Oc1ccc(-c2ccccc2C=NNc2ccccc2)cc1. The van der Waals surface area contributed by atoms with Crippen molar-refractivity contribution in [2.24, 2.45) is 5.10 Å². The lowest BCUT2D eigenvalue weighted by molar-refractivity contribution is -0.274. The smallest absolute Gasteiger partial charge is 0.406 e. The predicted octanol–water partition coefficient (Wildman–Crippen LogP) is 5.70. The van der Waals surface area contributed by atoms with Gasteiger partial charge in [-0.1, -0.05) is 54.6 Å². The van der Waals surface area contributed by atoms with Gasteiger partial charge >= 0.3 is 6.36 Å². The van der Waals surface area contributed by atoms with Crippen LogP contribution in [0, 0.1) is 0 Å². The fourth-order valence-corrected chi connectivity index (χ4v) is 2.40. The minimum Gasteiger partial charge on any atom is -0.406 e. The minimum atomic E-state index is -4.70. The Kier molecular flexibility index (Phi) is 5.22. The molecule has 0 aliphatic carbocycles. The number of hydrazone groups is 1.